The first kappa shape index (κ1) is 22.7. The Morgan fingerprint density at radius 1 is 1.45 bits per heavy atom. The van der Waals surface area contributed by atoms with E-state index in [0.29, 0.717) is 36.0 Å². The summed E-state index contributed by atoms with van der Waals surface area (Å²) in [6.07, 6.45) is -1.13. The first-order valence-electron chi connectivity index (χ1n) is 10.2. The number of primary amides is 1. The minimum Gasteiger partial charge on any atom is -0.491 e. The Labute approximate surface area is 187 Å². The van der Waals surface area contributed by atoms with Crippen molar-refractivity contribution in [1.82, 2.24) is 9.55 Å². The van der Waals surface area contributed by atoms with Crippen LogP contribution in [0.5, 0.6) is 5.75 Å². The van der Waals surface area contributed by atoms with E-state index in [1.807, 2.05) is 0 Å². The van der Waals surface area contributed by atoms with E-state index >= 15 is 0 Å². The summed E-state index contributed by atoms with van der Waals surface area (Å²) < 4.78 is 45.1. The molecule has 1 unspecified atom stereocenters. The molecule has 3 N–H and O–H groups in total. The maximum atomic E-state index is 13.6. The minimum absolute atomic E-state index is 0.0357. The van der Waals surface area contributed by atoms with Crippen molar-refractivity contribution in [2.75, 3.05) is 43.8 Å². The maximum absolute atomic E-state index is 13.6. The lowest BCUT2D eigenvalue weighted by Crippen LogP contribution is -2.48. The van der Waals surface area contributed by atoms with E-state index in [4.69, 9.17) is 19.9 Å². The van der Waals surface area contributed by atoms with Gasteiger partial charge in [0.25, 0.3) is 6.43 Å². The first-order valence-corrected chi connectivity index (χ1v) is 10.2. The van der Waals surface area contributed by atoms with E-state index in [1.54, 1.807) is 34.9 Å². The van der Waals surface area contributed by atoms with Crippen molar-refractivity contribution >= 4 is 23.4 Å². The van der Waals surface area contributed by atoms with E-state index in [1.165, 1.54) is 12.0 Å². The topological polar surface area (TPSA) is 121 Å². The Hall–Kier alpha value is -3.47. The normalized spacial score (nSPS) is 18.6. The molecule has 3 heterocycles. The van der Waals surface area contributed by atoms with Crippen LogP contribution in [0.15, 0.2) is 30.1 Å². The van der Waals surface area contributed by atoms with E-state index in [2.05, 4.69) is 10.3 Å². The first-order chi connectivity index (χ1) is 15.9. The molecule has 0 saturated carbocycles. The fourth-order valence-electron chi connectivity index (χ4n) is 3.83. The van der Waals surface area contributed by atoms with Crippen LogP contribution in [-0.2, 0) is 25.6 Å². The number of nitrogens with zero attached hydrogens (tertiary/aromatic N) is 3. The van der Waals surface area contributed by atoms with Crippen molar-refractivity contribution in [3.05, 3.63) is 30.1 Å². The molecule has 1 aromatic heterocycles. The summed E-state index contributed by atoms with van der Waals surface area (Å²) in [6, 6.07) is 3.11. The highest BCUT2D eigenvalue weighted by Crippen LogP contribution is 2.37. The van der Waals surface area contributed by atoms with Crippen LogP contribution >= 0.6 is 0 Å². The largest absolute Gasteiger partial charge is 0.491 e. The number of carbonyl (C=O) groups is 1. The van der Waals surface area contributed by atoms with Gasteiger partial charge in [-0.15, -0.1) is 0 Å². The van der Waals surface area contributed by atoms with Crippen LogP contribution in [0.3, 0.4) is 0 Å². The fraction of sp³-hybridized carbons (Fsp3) is 0.429. The Morgan fingerprint density at radius 3 is 2.97 bits per heavy atom. The number of ether oxygens (including phenoxy) is 3. The Balaban J connectivity index is 1.69. The van der Waals surface area contributed by atoms with E-state index in [-0.39, 0.29) is 31.3 Å². The van der Waals surface area contributed by atoms with Crippen LogP contribution in [0.4, 0.5) is 20.3 Å². The lowest BCUT2D eigenvalue weighted by molar-refractivity contribution is -0.119. The highest BCUT2D eigenvalue weighted by Gasteiger charge is 2.37. The van der Waals surface area contributed by atoms with Gasteiger partial charge >= 0.3 is 0 Å². The number of alkyl halides is 2. The highest BCUT2D eigenvalue weighted by molar-refractivity contribution is 5.83. The monoisotopic (exact) mass is 463 g/mol. The average molecular weight is 463 g/mol. The van der Waals surface area contributed by atoms with Crippen LogP contribution in [0.1, 0.15) is 0 Å². The zero-order valence-corrected chi connectivity index (χ0v) is 17.8. The van der Waals surface area contributed by atoms with Crippen LogP contribution in [0.2, 0.25) is 0 Å². The molecule has 12 heteroatoms. The molecule has 2 aromatic rings. The van der Waals surface area contributed by atoms with Gasteiger partial charge in [0.05, 0.1) is 31.9 Å². The second-order valence-electron chi connectivity index (χ2n) is 7.57. The molecule has 2 aliphatic rings. The summed E-state index contributed by atoms with van der Waals surface area (Å²) in [6.45, 7) is 0.457. The van der Waals surface area contributed by atoms with Gasteiger partial charge in [-0.05, 0) is 12.1 Å². The van der Waals surface area contributed by atoms with E-state index in [0.717, 1.165) is 0 Å². The average Bonchev–Trinajstić information content (AvgIpc) is 3.14. The number of benzene rings is 1. The molecule has 10 nitrogen and oxygen atoms in total. The van der Waals surface area contributed by atoms with Crippen molar-refractivity contribution < 1.29 is 32.6 Å². The molecule has 2 atom stereocenters. The third-order valence-electron chi connectivity index (χ3n) is 5.40. The summed E-state index contributed by atoms with van der Waals surface area (Å²) in [4.78, 5) is 28.8. The number of morpholine rings is 1. The molecule has 4 rings (SSSR count). The number of anilines is 2. The number of imidazole rings is 1. The number of hydrogen-bond donors (Lipinski definition) is 2. The van der Waals surface area contributed by atoms with Gasteiger partial charge < -0.3 is 34.7 Å². The van der Waals surface area contributed by atoms with Gasteiger partial charge in [-0.1, -0.05) is 0 Å². The SMILES string of the molecule is COCC(Nc1ccc2c(c1)OCCn1cc(N3C(=C=O)COC[C@H]3C(F)F)nc1-2)C(N)=O. The highest BCUT2D eigenvalue weighted by atomic mass is 19.3. The Morgan fingerprint density at radius 2 is 2.27 bits per heavy atom. The van der Waals surface area contributed by atoms with Gasteiger partial charge in [0, 0.05) is 25.1 Å². The number of aromatic nitrogens is 2. The van der Waals surface area contributed by atoms with Crippen LogP contribution in [0, 0.1) is 0 Å². The van der Waals surface area contributed by atoms with Crippen molar-refractivity contribution in [2.24, 2.45) is 5.73 Å². The second kappa shape index (κ2) is 9.57. The number of carbonyl (C=O) groups excluding carboxylic acids is 2. The van der Waals surface area contributed by atoms with Crippen LogP contribution in [-0.4, -0.2) is 73.4 Å². The van der Waals surface area contributed by atoms with E-state index in [9.17, 15) is 18.4 Å². The number of hydrogen-bond acceptors (Lipinski definition) is 8. The molecule has 1 amide bonds. The van der Waals surface area contributed by atoms with Crippen LogP contribution in [0.25, 0.3) is 11.4 Å². The van der Waals surface area contributed by atoms with Gasteiger partial charge in [0.15, 0.2) is 5.82 Å². The number of halogens is 2. The molecule has 176 valence electrons. The molecule has 0 bridgehead atoms. The fourth-order valence-corrected chi connectivity index (χ4v) is 3.83. The standard InChI is InChI=1S/C21H23F2N5O5/c1-31-10-15(20(24)30)25-12-2-3-14-17(6-12)33-5-4-27-7-18(26-21(14)27)28-13(8-29)9-32-11-16(28)19(22)23/h2-3,6-7,15-16,19,25H,4-5,9-11H2,1H3,(H2,24,30)/t15?,16-/m0/s1. The third kappa shape index (κ3) is 4.54. The summed E-state index contributed by atoms with van der Waals surface area (Å²) in [7, 11) is 1.47. The van der Waals surface area contributed by atoms with Crippen molar-refractivity contribution in [3.63, 3.8) is 0 Å². The number of nitrogens with two attached hydrogens (primary N) is 1. The van der Waals surface area contributed by atoms with Crippen molar-refractivity contribution in [1.29, 1.82) is 0 Å². The van der Waals surface area contributed by atoms with E-state index < -0.39 is 24.4 Å². The molecule has 0 spiro atoms. The summed E-state index contributed by atoms with van der Waals surface area (Å²) in [5, 5.41) is 3.00. The zero-order valence-electron chi connectivity index (χ0n) is 17.8. The third-order valence-corrected chi connectivity index (χ3v) is 5.40. The molecule has 1 fully saturated rings. The number of amides is 1. The number of fused-ring (bicyclic) bond motifs is 3. The maximum Gasteiger partial charge on any atom is 0.261 e. The molecule has 2 aliphatic heterocycles. The smallest absolute Gasteiger partial charge is 0.261 e. The van der Waals surface area contributed by atoms with Crippen LogP contribution < -0.4 is 20.7 Å². The predicted octanol–water partition coefficient (Wildman–Crippen LogP) is 1.04. The molecule has 0 radical (unpaired) electrons. The minimum atomic E-state index is -2.75. The van der Waals surface area contributed by atoms with Crippen molar-refractivity contribution in [2.45, 2.75) is 25.1 Å². The molecule has 33 heavy (non-hydrogen) atoms. The molecular weight excluding hydrogens is 440 g/mol. The Bertz CT molecular complexity index is 1080. The van der Waals surface area contributed by atoms with Crippen molar-refractivity contribution in [3.8, 4) is 17.1 Å². The van der Waals surface area contributed by atoms with Gasteiger partial charge in [0.1, 0.15) is 41.9 Å². The lowest BCUT2D eigenvalue weighted by Gasteiger charge is -2.35. The van der Waals surface area contributed by atoms with Gasteiger partial charge in [-0.3, -0.25) is 4.79 Å². The second-order valence-corrected chi connectivity index (χ2v) is 7.57. The predicted molar refractivity (Wildman–Crippen MR) is 114 cm³/mol. The van der Waals surface area contributed by atoms with Gasteiger partial charge in [0.2, 0.25) is 5.91 Å². The molecule has 1 saturated heterocycles. The summed E-state index contributed by atoms with van der Waals surface area (Å²) >= 11 is 0. The number of rotatable bonds is 7. The molecule has 1 aromatic carbocycles. The molecular formula is C21H23F2N5O5. The number of nitrogens with one attached hydrogen (secondary N) is 1. The zero-order chi connectivity index (χ0) is 23.5. The van der Waals surface area contributed by atoms with Gasteiger partial charge in [-0.25, -0.2) is 18.6 Å². The van der Waals surface area contributed by atoms with Gasteiger partial charge in [-0.2, -0.15) is 0 Å². The quantitative estimate of drug-likeness (QED) is 0.585. The summed E-state index contributed by atoms with van der Waals surface area (Å²) in [5.41, 5.74) is 6.59. The summed E-state index contributed by atoms with van der Waals surface area (Å²) in [5.74, 6) is 2.34. The molecule has 0 aliphatic carbocycles. The Kier molecular flexibility index (Phi) is 6.59. The number of methoxy groups -OCH3 is 1. The lowest BCUT2D eigenvalue weighted by atomic mass is 10.1.